The van der Waals surface area contributed by atoms with Crippen molar-refractivity contribution in [2.45, 2.75) is 99.6 Å². The van der Waals surface area contributed by atoms with Crippen LogP contribution in [0, 0.1) is 0 Å². The Kier molecular flexibility index (Phi) is 5.42. The normalized spacial score (nSPS) is 30.8. The van der Waals surface area contributed by atoms with Crippen LogP contribution in [0.5, 0.6) is 0 Å². The molecule has 2 aromatic rings. The standard InChI is InChI=1S/C26H30F6O2S/c1-21(2,3)15-9-11-19-17(13-15)23(7,25(27,28)29)33-35(19)20-12-10-16(22(4,5)6)14-18(20)24(8,34-35)26(30,31)32/h9-14H,1-8H3. The molecule has 2 aliphatic heterocycles. The summed E-state index contributed by atoms with van der Waals surface area (Å²) in [6.45, 7) is 12.9. The molecular formula is C26H30F6O2S. The number of hydrogen-bond donors (Lipinski definition) is 0. The lowest BCUT2D eigenvalue weighted by atomic mass is 9.83. The summed E-state index contributed by atoms with van der Waals surface area (Å²) >= 11 is 0. The van der Waals surface area contributed by atoms with E-state index >= 15 is 0 Å². The van der Waals surface area contributed by atoms with Crippen molar-refractivity contribution < 1.29 is 34.7 Å². The fraction of sp³-hybridized carbons (Fsp3) is 0.538. The van der Waals surface area contributed by atoms with E-state index in [2.05, 4.69) is 0 Å². The van der Waals surface area contributed by atoms with Crippen LogP contribution < -0.4 is 0 Å². The summed E-state index contributed by atoms with van der Waals surface area (Å²) in [6, 6.07) is 9.00. The van der Waals surface area contributed by atoms with Gasteiger partial charge in [0.15, 0.2) is 0 Å². The fourth-order valence-electron chi connectivity index (χ4n) is 4.48. The molecule has 0 aliphatic carbocycles. The summed E-state index contributed by atoms with van der Waals surface area (Å²) < 4.78 is 98.7. The van der Waals surface area contributed by atoms with Gasteiger partial charge in [0.1, 0.15) is 0 Å². The fourth-order valence-corrected chi connectivity index (χ4v) is 8.00. The number of fused-ring (bicyclic) bond motifs is 4. The third kappa shape index (κ3) is 3.63. The van der Waals surface area contributed by atoms with Gasteiger partial charge in [-0.3, -0.25) is 8.37 Å². The summed E-state index contributed by atoms with van der Waals surface area (Å²) in [5.74, 6) is 0. The van der Waals surface area contributed by atoms with Gasteiger partial charge >= 0.3 is 12.4 Å². The van der Waals surface area contributed by atoms with Gasteiger partial charge in [-0.2, -0.15) is 26.3 Å². The highest BCUT2D eigenvalue weighted by Crippen LogP contribution is 2.82. The summed E-state index contributed by atoms with van der Waals surface area (Å²) in [5.41, 5.74) is -5.81. The van der Waals surface area contributed by atoms with Gasteiger partial charge in [0.25, 0.3) is 0 Å². The molecule has 0 fully saturated rings. The molecule has 0 radical (unpaired) electrons. The lowest BCUT2D eigenvalue weighted by Crippen LogP contribution is -2.41. The van der Waals surface area contributed by atoms with Crippen LogP contribution in [0.4, 0.5) is 26.3 Å². The van der Waals surface area contributed by atoms with Crippen LogP contribution in [0.1, 0.15) is 77.6 Å². The number of hydrogen-bond acceptors (Lipinski definition) is 2. The first-order valence-electron chi connectivity index (χ1n) is 11.3. The van der Waals surface area contributed by atoms with Gasteiger partial charge in [-0.1, -0.05) is 65.8 Å². The molecule has 194 valence electrons. The Morgan fingerprint density at radius 1 is 0.600 bits per heavy atom. The molecule has 1 spiro atoms. The molecule has 2 aliphatic rings. The van der Waals surface area contributed by atoms with E-state index in [0.717, 1.165) is 13.8 Å². The zero-order valence-electron chi connectivity index (χ0n) is 21.0. The number of alkyl halides is 6. The van der Waals surface area contributed by atoms with Crippen LogP contribution in [-0.2, 0) is 30.4 Å². The number of benzene rings is 2. The predicted octanol–water partition coefficient (Wildman–Crippen LogP) is 8.95. The van der Waals surface area contributed by atoms with E-state index in [1.165, 1.54) is 24.3 Å². The quantitative estimate of drug-likeness (QED) is 0.323. The summed E-state index contributed by atoms with van der Waals surface area (Å²) in [5, 5.41) is 0. The molecule has 4 rings (SSSR count). The van der Waals surface area contributed by atoms with Crippen molar-refractivity contribution >= 4 is 10.6 Å². The monoisotopic (exact) mass is 520 g/mol. The molecule has 9 heteroatoms. The van der Waals surface area contributed by atoms with E-state index < -0.39 is 45.0 Å². The minimum atomic E-state index is -4.89. The highest BCUT2D eigenvalue weighted by atomic mass is 32.3. The predicted molar refractivity (Wildman–Crippen MR) is 123 cm³/mol. The maximum atomic E-state index is 14.5. The zero-order valence-corrected chi connectivity index (χ0v) is 21.8. The van der Waals surface area contributed by atoms with Crippen molar-refractivity contribution in [2.75, 3.05) is 0 Å². The lowest BCUT2D eigenvalue weighted by molar-refractivity contribution is -0.255. The Labute approximate surface area is 203 Å². The first-order valence-corrected chi connectivity index (χ1v) is 12.7. The van der Waals surface area contributed by atoms with E-state index in [1.807, 2.05) is 41.5 Å². The zero-order chi connectivity index (χ0) is 26.6. The van der Waals surface area contributed by atoms with Gasteiger partial charge in [0.05, 0.1) is 9.79 Å². The molecular weight excluding hydrogens is 490 g/mol. The molecule has 0 N–H and O–H groups in total. The Hall–Kier alpha value is -1.71. The van der Waals surface area contributed by atoms with Gasteiger partial charge in [0.2, 0.25) is 11.2 Å². The van der Waals surface area contributed by atoms with E-state index in [9.17, 15) is 26.3 Å². The Morgan fingerprint density at radius 3 is 1.17 bits per heavy atom. The van der Waals surface area contributed by atoms with E-state index in [0.29, 0.717) is 11.1 Å². The molecule has 0 amide bonds. The molecule has 2 unspecified atom stereocenters. The smallest absolute Gasteiger partial charge is 0.254 e. The van der Waals surface area contributed by atoms with E-state index in [4.69, 9.17) is 8.37 Å². The molecule has 0 bridgehead atoms. The van der Waals surface area contributed by atoms with Crippen LogP contribution in [0.15, 0.2) is 46.2 Å². The molecule has 2 aromatic carbocycles. The van der Waals surface area contributed by atoms with Crippen LogP contribution in [0.25, 0.3) is 0 Å². The minimum Gasteiger partial charge on any atom is -0.254 e. The Morgan fingerprint density at radius 2 is 0.914 bits per heavy atom. The Balaban J connectivity index is 2.08. The lowest BCUT2D eigenvalue weighted by Gasteiger charge is -2.40. The maximum absolute atomic E-state index is 14.5. The van der Waals surface area contributed by atoms with Gasteiger partial charge in [0, 0.05) is 11.1 Å². The van der Waals surface area contributed by atoms with Crippen molar-refractivity contribution in [3.8, 4) is 0 Å². The highest BCUT2D eigenvalue weighted by Gasteiger charge is 2.70. The molecule has 2 heterocycles. The first-order chi connectivity index (χ1) is 15.6. The summed E-state index contributed by atoms with van der Waals surface area (Å²) in [7, 11) is -3.59. The van der Waals surface area contributed by atoms with Crippen molar-refractivity contribution in [2.24, 2.45) is 0 Å². The second-order valence-corrected chi connectivity index (χ2v) is 13.9. The third-order valence-corrected chi connectivity index (χ3v) is 9.95. The maximum Gasteiger partial charge on any atom is 0.423 e. The SMILES string of the molecule is CC(C)(C)c1ccc2c(c1)C(C)(C(F)(F)F)OS21OC(C)(C(F)(F)F)c2cc(C(C)(C)C)ccc21. The Bertz CT molecular complexity index is 1090. The largest absolute Gasteiger partial charge is 0.423 e. The minimum absolute atomic E-state index is 0.0167. The number of halogens is 6. The van der Waals surface area contributed by atoms with Crippen molar-refractivity contribution in [3.63, 3.8) is 0 Å². The van der Waals surface area contributed by atoms with Crippen LogP contribution in [0.2, 0.25) is 0 Å². The molecule has 2 atom stereocenters. The van der Waals surface area contributed by atoms with Crippen molar-refractivity contribution in [3.05, 3.63) is 58.7 Å². The first kappa shape index (κ1) is 26.4. The summed E-state index contributed by atoms with van der Waals surface area (Å²) in [4.78, 5) is 0.0334. The average Bonchev–Trinajstić information content (AvgIpc) is 3.10. The average molecular weight is 521 g/mol. The third-order valence-electron chi connectivity index (χ3n) is 6.95. The van der Waals surface area contributed by atoms with Gasteiger partial charge in [-0.05, 0) is 47.9 Å². The molecule has 2 nitrogen and oxygen atoms in total. The molecule has 0 aromatic heterocycles. The summed E-state index contributed by atoms with van der Waals surface area (Å²) in [6.07, 6.45) is -9.78. The second kappa shape index (κ2) is 7.19. The topological polar surface area (TPSA) is 18.5 Å². The van der Waals surface area contributed by atoms with Crippen molar-refractivity contribution in [1.82, 2.24) is 0 Å². The highest BCUT2D eigenvalue weighted by molar-refractivity contribution is 8.26. The van der Waals surface area contributed by atoms with Gasteiger partial charge < -0.3 is 0 Å². The molecule has 0 saturated heterocycles. The molecule has 35 heavy (non-hydrogen) atoms. The second-order valence-electron chi connectivity index (χ2n) is 11.7. The van der Waals surface area contributed by atoms with Crippen molar-refractivity contribution in [1.29, 1.82) is 0 Å². The number of rotatable bonds is 0. The van der Waals surface area contributed by atoms with E-state index in [-0.39, 0.29) is 20.9 Å². The van der Waals surface area contributed by atoms with Crippen LogP contribution >= 0.6 is 10.6 Å². The van der Waals surface area contributed by atoms with Crippen LogP contribution in [0.3, 0.4) is 0 Å². The van der Waals surface area contributed by atoms with Crippen LogP contribution in [-0.4, -0.2) is 12.4 Å². The molecule has 0 saturated carbocycles. The van der Waals surface area contributed by atoms with Gasteiger partial charge in [-0.15, -0.1) is 10.6 Å². The van der Waals surface area contributed by atoms with Gasteiger partial charge in [-0.25, -0.2) is 0 Å². The van der Waals surface area contributed by atoms with E-state index in [1.54, 1.807) is 12.1 Å².